The molecule has 4 aromatic rings. The lowest BCUT2D eigenvalue weighted by atomic mass is 10.1. The lowest BCUT2D eigenvalue weighted by Gasteiger charge is -2.15. The van der Waals surface area contributed by atoms with E-state index < -0.39 is 5.69 Å². The first-order valence-electron chi connectivity index (χ1n) is 10.2. The fourth-order valence-electron chi connectivity index (χ4n) is 3.33. The van der Waals surface area contributed by atoms with Crippen LogP contribution in [0.15, 0.2) is 40.2 Å². The smallest absolute Gasteiger partial charge is 0.326 e. The third-order valence-electron chi connectivity index (χ3n) is 5.20. The quantitative estimate of drug-likeness (QED) is 0.348. The number of hydrogen-bond donors (Lipinski definition) is 4. The molecule has 1 fully saturated rings. The van der Waals surface area contributed by atoms with Crippen LogP contribution in [-0.2, 0) is 0 Å². The molecule has 1 saturated carbocycles. The summed E-state index contributed by atoms with van der Waals surface area (Å²) in [5.74, 6) is 0.912. The van der Waals surface area contributed by atoms with Crippen LogP contribution in [0, 0.1) is 0 Å². The van der Waals surface area contributed by atoms with E-state index in [9.17, 15) is 9.90 Å². The number of aromatic amines is 2. The molecule has 0 unspecified atom stereocenters. The molecule has 3 heterocycles. The molecule has 11 heteroatoms. The number of fused-ring (bicyclic) bond motifs is 1. The minimum absolute atomic E-state index is 0.0956. The summed E-state index contributed by atoms with van der Waals surface area (Å²) < 4.78 is 6.88. The van der Waals surface area contributed by atoms with Crippen molar-refractivity contribution in [1.82, 2.24) is 29.5 Å². The number of aromatic hydroxyl groups is 1. The van der Waals surface area contributed by atoms with Crippen LogP contribution in [0.4, 0.5) is 5.95 Å². The van der Waals surface area contributed by atoms with E-state index in [4.69, 9.17) is 4.74 Å². The SMILES string of the molecule is COc1cccc([C@H](C)Nc2nc(=NC3CC3)n3ncc(=Cc4[nH]c(=O)[nH]c4O)c3n2)c1. The zero-order valence-electron chi connectivity index (χ0n) is 17.5. The van der Waals surface area contributed by atoms with Crippen molar-refractivity contribution in [2.24, 2.45) is 4.99 Å². The van der Waals surface area contributed by atoms with Crippen molar-refractivity contribution in [2.75, 3.05) is 12.4 Å². The average molecular weight is 434 g/mol. The van der Waals surface area contributed by atoms with Crippen LogP contribution in [0.3, 0.4) is 0 Å². The van der Waals surface area contributed by atoms with Crippen molar-refractivity contribution >= 4 is 17.7 Å². The number of nitrogens with one attached hydrogen (secondary N) is 3. The molecule has 5 rings (SSSR count). The number of anilines is 1. The summed E-state index contributed by atoms with van der Waals surface area (Å²) in [6.45, 7) is 2.01. The largest absolute Gasteiger partial charge is 0.497 e. The highest BCUT2D eigenvalue weighted by molar-refractivity contribution is 5.57. The van der Waals surface area contributed by atoms with Crippen LogP contribution in [-0.4, -0.2) is 47.8 Å². The fraction of sp³-hybridized carbons (Fsp3) is 0.286. The Kier molecular flexibility index (Phi) is 4.85. The normalized spacial score (nSPS) is 15.9. The molecule has 1 aliphatic carbocycles. The highest BCUT2D eigenvalue weighted by Gasteiger charge is 2.21. The number of ether oxygens (including phenoxy) is 1. The summed E-state index contributed by atoms with van der Waals surface area (Å²) in [5.41, 5.74) is 1.70. The second-order valence-electron chi connectivity index (χ2n) is 7.67. The molecule has 32 heavy (non-hydrogen) atoms. The van der Waals surface area contributed by atoms with Gasteiger partial charge in [-0.25, -0.2) is 9.79 Å². The van der Waals surface area contributed by atoms with Gasteiger partial charge in [0.2, 0.25) is 11.8 Å². The number of nitrogens with zero attached hydrogens (tertiary/aromatic N) is 5. The van der Waals surface area contributed by atoms with Gasteiger partial charge in [-0.15, -0.1) is 0 Å². The van der Waals surface area contributed by atoms with E-state index in [0.717, 1.165) is 24.2 Å². The Balaban J connectivity index is 1.60. The molecule has 1 atom stereocenters. The van der Waals surface area contributed by atoms with Gasteiger partial charge in [0.05, 0.1) is 25.4 Å². The first-order chi connectivity index (χ1) is 15.5. The molecule has 3 aromatic heterocycles. The second kappa shape index (κ2) is 7.84. The van der Waals surface area contributed by atoms with E-state index in [2.05, 4.69) is 35.3 Å². The molecule has 1 aliphatic rings. The molecule has 0 bridgehead atoms. The Labute approximate surface area is 181 Å². The van der Waals surface area contributed by atoms with Crippen LogP contribution >= 0.6 is 0 Å². The average Bonchev–Trinajstić information content (AvgIpc) is 3.42. The molecule has 0 aliphatic heterocycles. The van der Waals surface area contributed by atoms with Gasteiger partial charge in [-0.05, 0) is 43.5 Å². The second-order valence-corrected chi connectivity index (χ2v) is 7.67. The molecule has 0 saturated heterocycles. The van der Waals surface area contributed by atoms with Gasteiger partial charge in [0.1, 0.15) is 11.4 Å². The van der Waals surface area contributed by atoms with Crippen molar-refractivity contribution < 1.29 is 9.84 Å². The number of methoxy groups -OCH3 is 1. The highest BCUT2D eigenvalue weighted by atomic mass is 16.5. The predicted molar refractivity (Wildman–Crippen MR) is 116 cm³/mol. The molecular weight excluding hydrogens is 412 g/mol. The fourth-order valence-corrected chi connectivity index (χ4v) is 3.33. The van der Waals surface area contributed by atoms with Gasteiger partial charge >= 0.3 is 5.69 Å². The number of H-pyrrole nitrogens is 2. The Hall–Kier alpha value is -4.15. The van der Waals surface area contributed by atoms with Crippen molar-refractivity contribution in [3.05, 3.63) is 63.0 Å². The van der Waals surface area contributed by atoms with Crippen LogP contribution in [0.5, 0.6) is 11.6 Å². The number of rotatable bonds is 6. The number of benzene rings is 1. The van der Waals surface area contributed by atoms with Gasteiger partial charge in [-0.3, -0.25) is 4.98 Å². The van der Waals surface area contributed by atoms with Gasteiger partial charge < -0.3 is 20.1 Å². The maximum Gasteiger partial charge on any atom is 0.326 e. The molecule has 164 valence electrons. The lowest BCUT2D eigenvalue weighted by Crippen LogP contribution is -2.25. The summed E-state index contributed by atoms with van der Waals surface area (Å²) in [4.78, 5) is 30.2. The summed E-state index contributed by atoms with van der Waals surface area (Å²) in [7, 11) is 1.63. The summed E-state index contributed by atoms with van der Waals surface area (Å²) in [6.07, 6.45) is 5.23. The van der Waals surface area contributed by atoms with Crippen LogP contribution < -0.4 is 26.6 Å². The minimum atomic E-state index is -0.501. The van der Waals surface area contributed by atoms with Gasteiger partial charge in [0.15, 0.2) is 5.65 Å². The molecular formula is C21H22N8O3. The Morgan fingerprint density at radius 1 is 1.34 bits per heavy atom. The standard InChI is InChI=1S/C21H22N8O3/c1-11(12-4-3-5-15(8-12)32-2)23-19-26-17-13(9-16-18(30)27-21(31)25-16)10-22-29(17)20(28-19)24-14-6-7-14/h3-5,8-11,14,30H,6-7H2,1-2H3,(H,23,24,28)(H2,25,27,31)/t11-/m0/s1. The zero-order chi connectivity index (χ0) is 22.2. The highest BCUT2D eigenvalue weighted by Crippen LogP contribution is 2.23. The van der Waals surface area contributed by atoms with E-state index in [1.165, 1.54) is 0 Å². The van der Waals surface area contributed by atoms with Gasteiger partial charge in [0.25, 0.3) is 5.62 Å². The topological polar surface area (TPSA) is 146 Å². The number of imidazole rings is 1. The molecule has 4 N–H and O–H groups in total. The molecule has 0 radical (unpaired) electrons. The first kappa shape index (κ1) is 19.8. The van der Waals surface area contributed by atoms with Gasteiger partial charge in [0, 0.05) is 5.22 Å². The van der Waals surface area contributed by atoms with Crippen molar-refractivity contribution in [2.45, 2.75) is 31.8 Å². The van der Waals surface area contributed by atoms with Crippen molar-refractivity contribution in [3.8, 4) is 11.6 Å². The number of aromatic nitrogens is 6. The van der Waals surface area contributed by atoms with Crippen molar-refractivity contribution in [1.29, 1.82) is 0 Å². The maximum absolute atomic E-state index is 11.5. The Morgan fingerprint density at radius 3 is 2.91 bits per heavy atom. The summed E-state index contributed by atoms with van der Waals surface area (Å²) in [5, 5.41) is 18.2. The van der Waals surface area contributed by atoms with E-state index in [1.54, 1.807) is 23.9 Å². The van der Waals surface area contributed by atoms with Crippen molar-refractivity contribution in [3.63, 3.8) is 0 Å². The third kappa shape index (κ3) is 3.92. The zero-order valence-corrected chi connectivity index (χ0v) is 17.5. The van der Waals surface area contributed by atoms with E-state index >= 15 is 0 Å². The Bertz CT molecular complexity index is 1460. The monoisotopic (exact) mass is 434 g/mol. The molecule has 0 amide bonds. The van der Waals surface area contributed by atoms with Gasteiger partial charge in [-0.2, -0.15) is 19.6 Å². The molecule has 11 nitrogen and oxygen atoms in total. The minimum Gasteiger partial charge on any atom is -0.497 e. The first-order valence-corrected chi connectivity index (χ1v) is 10.2. The van der Waals surface area contributed by atoms with E-state index in [-0.39, 0.29) is 23.7 Å². The number of hydrogen-bond acceptors (Lipinski definition) is 8. The van der Waals surface area contributed by atoms with Crippen LogP contribution in [0.1, 0.15) is 37.1 Å². The Morgan fingerprint density at radius 2 is 2.19 bits per heavy atom. The summed E-state index contributed by atoms with van der Waals surface area (Å²) in [6, 6.07) is 7.91. The van der Waals surface area contributed by atoms with Crippen LogP contribution in [0.2, 0.25) is 0 Å². The predicted octanol–water partition coefficient (Wildman–Crippen LogP) is 0.639. The lowest BCUT2D eigenvalue weighted by molar-refractivity contribution is 0.414. The van der Waals surface area contributed by atoms with Gasteiger partial charge in [-0.1, -0.05) is 12.1 Å². The molecule has 0 spiro atoms. The third-order valence-corrected chi connectivity index (χ3v) is 5.20. The van der Waals surface area contributed by atoms with Crippen LogP contribution in [0.25, 0.3) is 11.7 Å². The molecule has 1 aromatic carbocycles. The van der Waals surface area contributed by atoms with E-state index in [1.807, 2.05) is 31.2 Å². The summed E-state index contributed by atoms with van der Waals surface area (Å²) >= 11 is 0. The maximum atomic E-state index is 11.5. The van der Waals surface area contributed by atoms with E-state index in [0.29, 0.717) is 22.4 Å².